The Hall–Kier alpha value is -2.21. The van der Waals surface area contributed by atoms with Crippen molar-refractivity contribution in [3.63, 3.8) is 0 Å². The van der Waals surface area contributed by atoms with Gasteiger partial charge in [-0.2, -0.15) is 0 Å². The van der Waals surface area contributed by atoms with Gasteiger partial charge in [-0.05, 0) is 42.8 Å². The van der Waals surface area contributed by atoms with E-state index in [9.17, 15) is 9.18 Å². The summed E-state index contributed by atoms with van der Waals surface area (Å²) < 4.78 is 25.3. The molecule has 1 aromatic heterocycles. The maximum absolute atomic E-state index is 14.4. The number of carbonyl (C=O) groups excluding carboxylic acids is 1. The molecule has 0 N–H and O–H groups in total. The predicted octanol–water partition coefficient (Wildman–Crippen LogP) is 7.01. The molecule has 1 amide bonds. The van der Waals surface area contributed by atoms with Gasteiger partial charge in [0.1, 0.15) is 11.6 Å². The molecule has 0 spiro atoms. The SMILES string of the molecule is CCCOc1c(Cl)cc(C(=O)N(Cc2ccco2)Cc2c(F)cccc2Cl)cc1Cl. The Labute approximate surface area is 189 Å². The first-order valence-corrected chi connectivity index (χ1v) is 10.4. The minimum atomic E-state index is -0.501. The fourth-order valence-electron chi connectivity index (χ4n) is 2.87. The molecule has 4 nitrogen and oxygen atoms in total. The third kappa shape index (κ3) is 5.28. The Morgan fingerprint density at radius 3 is 2.40 bits per heavy atom. The number of furan rings is 1. The van der Waals surface area contributed by atoms with Crippen LogP contribution in [0.3, 0.4) is 0 Å². The molecule has 0 aliphatic heterocycles. The first-order valence-electron chi connectivity index (χ1n) is 9.27. The Kier molecular flexibility index (Phi) is 7.64. The van der Waals surface area contributed by atoms with E-state index in [2.05, 4.69) is 0 Å². The molecular weight excluding hydrogens is 452 g/mol. The molecule has 0 radical (unpaired) electrons. The monoisotopic (exact) mass is 469 g/mol. The Morgan fingerprint density at radius 1 is 1.07 bits per heavy atom. The summed E-state index contributed by atoms with van der Waals surface area (Å²) in [6.45, 7) is 2.46. The first-order chi connectivity index (χ1) is 14.4. The van der Waals surface area contributed by atoms with Crippen LogP contribution in [0.15, 0.2) is 53.1 Å². The number of hydrogen-bond acceptors (Lipinski definition) is 3. The smallest absolute Gasteiger partial charge is 0.254 e. The van der Waals surface area contributed by atoms with Crippen molar-refractivity contribution >= 4 is 40.7 Å². The molecule has 0 fully saturated rings. The molecule has 0 saturated carbocycles. The quantitative estimate of drug-likeness (QED) is 0.355. The summed E-state index contributed by atoms with van der Waals surface area (Å²) in [5, 5.41) is 0.675. The van der Waals surface area contributed by atoms with Crippen molar-refractivity contribution < 1.29 is 18.3 Å². The van der Waals surface area contributed by atoms with E-state index in [4.69, 9.17) is 44.0 Å². The zero-order chi connectivity index (χ0) is 21.7. The molecular formula is C22H19Cl3FNO3. The number of carbonyl (C=O) groups is 1. The largest absolute Gasteiger partial charge is 0.490 e. The second-order valence-corrected chi connectivity index (χ2v) is 7.78. The van der Waals surface area contributed by atoms with Gasteiger partial charge >= 0.3 is 0 Å². The average molecular weight is 471 g/mol. The minimum Gasteiger partial charge on any atom is -0.490 e. The molecule has 8 heteroatoms. The topological polar surface area (TPSA) is 42.7 Å². The van der Waals surface area contributed by atoms with Crippen molar-refractivity contribution in [3.8, 4) is 5.75 Å². The van der Waals surface area contributed by atoms with Gasteiger partial charge in [0.25, 0.3) is 5.91 Å². The molecule has 1 heterocycles. The van der Waals surface area contributed by atoms with Gasteiger partial charge in [0, 0.05) is 16.1 Å². The lowest BCUT2D eigenvalue weighted by Gasteiger charge is -2.23. The van der Waals surface area contributed by atoms with Crippen LogP contribution in [0.4, 0.5) is 4.39 Å². The highest BCUT2D eigenvalue weighted by atomic mass is 35.5. The lowest BCUT2D eigenvalue weighted by Crippen LogP contribution is -2.30. The fraction of sp³-hybridized carbons (Fsp3) is 0.227. The van der Waals surface area contributed by atoms with Crippen LogP contribution in [-0.2, 0) is 13.1 Å². The van der Waals surface area contributed by atoms with Crippen LogP contribution in [0.1, 0.15) is 35.0 Å². The second kappa shape index (κ2) is 10.2. The Morgan fingerprint density at radius 2 is 1.80 bits per heavy atom. The van der Waals surface area contributed by atoms with Gasteiger partial charge in [-0.1, -0.05) is 47.8 Å². The highest BCUT2D eigenvalue weighted by molar-refractivity contribution is 6.37. The van der Waals surface area contributed by atoms with E-state index in [1.54, 1.807) is 18.2 Å². The summed E-state index contributed by atoms with van der Waals surface area (Å²) in [5.41, 5.74) is 0.451. The van der Waals surface area contributed by atoms with Crippen LogP contribution in [0, 0.1) is 5.82 Å². The molecule has 158 valence electrons. The number of halogens is 4. The Balaban J connectivity index is 1.94. The van der Waals surface area contributed by atoms with Crippen molar-refractivity contribution in [2.24, 2.45) is 0 Å². The molecule has 0 atom stereocenters. The maximum Gasteiger partial charge on any atom is 0.254 e. The number of benzene rings is 2. The van der Waals surface area contributed by atoms with Crippen molar-refractivity contribution in [1.82, 2.24) is 4.90 Å². The molecule has 0 saturated heterocycles. The van der Waals surface area contributed by atoms with E-state index < -0.39 is 11.7 Å². The van der Waals surface area contributed by atoms with Crippen LogP contribution >= 0.6 is 34.8 Å². The van der Waals surface area contributed by atoms with E-state index in [0.717, 1.165) is 6.42 Å². The number of amides is 1. The summed E-state index contributed by atoms with van der Waals surface area (Å²) in [5.74, 6) is -0.0435. The van der Waals surface area contributed by atoms with Crippen LogP contribution in [0.5, 0.6) is 5.75 Å². The summed E-state index contributed by atoms with van der Waals surface area (Å²) in [6, 6.07) is 10.8. The normalized spacial score (nSPS) is 10.8. The minimum absolute atomic E-state index is 0.0611. The van der Waals surface area contributed by atoms with Gasteiger partial charge in [-0.3, -0.25) is 4.79 Å². The molecule has 3 rings (SSSR count). The average Bonchev–Trinajstić information content (AvgIpc) is 3.22. The van der Waals surface area contributed by atoms with Crippen molar-refractivity contribution in [2.75, 3.05) is 6.61 Å². The standard InChI is InChI=1S/C22H19Cl3FNO3/c1-2-8-30-21-18(24)10-14(11-19(21)25)22(28)27(12-15-5-4-9-29-15)13-16-17(23)6-3-7-20(16)26/h3-7,9-11H,2,8,12-13H2,1H3. The Bertz CT molecular complexity index is 981. The van der Waals surface area contributed by atoms with Gasteiger partial charge in [-0.15, -0.1) is 0 Å². The van der Waals surface area contributed by atoms with E-state index in [-0.39, 0.29) is 39.3 Å². The summed E-state index contributed by atoms with van der Waals surface area (Å²) in [6.07, 6.45) is 2.29. The third-order valence-corrected chi connectivity index (χ3v) is 5.24. The van der Waals surface area contributed by atoms with E-state index >= 15 is 0 Å². The van der Waals surface area contributed by atoms with Crippen molar-refractivity contribution in [3.05, 3.63) is 86.5 Å². The molecule has 2 aromatic carbocycles. The van der Waals surface area contributed by atoms with Gasteiger partial charge < -0.3 is 14.1 Å². The van der Waals surface area contributed by atoms with E-state index in [1.807, 2.05) is 6.92 Å². The highest BCUT2D eigenvalue weighted by Gasteiger charge is 2.23. The maximum atomic E-state index is 14.4. The highest BCUT2D eigenvalue weighted by Crippen LogP contribution is 2.35. The lowest BCUT2D eigenvalue weighted by molar-refractivity contribution is 0.0716. The van der Waals surface area contributed by atoms with Crippen LogP contribution in [0.25, 0.3) is 0 Å². The summed E-state index contributed by atoms with van der Waals surface area (Å²) in [4.78, 5) is 14.7. The number of hydrogen-bond donors (Lipinski definition) is 0. The summed E-state index contributed by atoms with van der Waals surface area (Å²) in [7, 11) is 0. The van der Waals surface area contributed by atoms with Crippen LogP contribution in [-0.4, -0.2) is 17.4 Å². The molecule has 0 aliphatic rings. The van der Waals surface area contributed by atoms with Crippen LogP contribution < -0.4 is 4.74 Å². The number of nitrogens with zero attached hydrogens (tertiary/aromatic N) is 1. The van der Waals surface area contributed by atoms with Crippen molar-refractivity contribution in [2.45, 2.75) is 26.4 Å². The molecule has 0 unspecified atom stereocenters. The third-order valence-electron chi connectivity index (χ3n) is 4.32. The molecule has 0 bridgehead atoms. The second-order valence-electron chi connectivity index (χ2n) is 6.56. The predicted molar refractivity (Wildman–Crippen MR) is 116 cm³/mol. The molecule has 3 aromatic rings. The van der Waals surface area contributed by atoms with Gasteiger partial charge in [-0.25, -0.2) is 4.39 Å². The van der Waals surface area contributed by atoms with Gasteiger partial charge in [0.15, 0.2) is 5.75 Å². The number of rotatable bonds is 8. The van der Waals surface area contributed by atoms with Crippen molar-refractivity contribution in [1.29, 1.82) is 0 Å². The van der Waals surface area contributed by atoms with Gasteiger partial charge in [0.2, 0.25) is 0 Å². The zero-order valence-corrected chi connectivity index (χ0v) is 18.4. The first kappa shape index (κ1) is 22.5. The van der Waals surface area contributed by atoms with Crippen LogP contribution in [0.2, 0.25) is 15.1 Å². The fourth-order valence-corrected chi connectivity index (χ4v) is 3.69. The lowest BCUT2D eigenvalue weighted by atomic mass is 10.1. The van der Waals surface area contributed by atoms with Gasteiger partial charge in [0.05, 0.1) is 36.0 Å². The number of ether oxygens (including phenoxy) is 1. The summed E-state index contributed by atoms with van der Waals surface area (Å²) >= 11 is 18.8. The molecule has 0 aliphatic carbocycles. The van der Waals surface area contributed by atoms with E-state index in [1.165, 1.54) is 35.4 Å². The van der Waals surface area contributed by atoms with E-state index in [0.29, 0.717) is 18.1 Å². The zero-order valence-electron chi connectivity index (χ0n) is 16.1. The molecule has 30 heavy (non-hydrogen) atoms.